The van der Waals surface area contributed by atoms with Gasteiger partial charge in [-0.25, -0.2) is 4.79 Å². The van der Waals surface area contributed by atoms with Gasteiger partial charge in [0.25, 0.3) is 0 Å². The first-order valence-electron chi connectivity index (χ1n) is 7.06. The quantitative estimate of drug-likeness (QED) is 0.905. The highest BCUT2D eigenvalue weighted by atomic mass is 16.2. The first kappa shape index (κ1) is 15.0. The molecule has 0 aliphatic heterocycles. The molecule has 0 aliphatic rings. The lowest BCUT2D eigenvalue weighted by molar-refractivity contribution is 0.237. The second kappa shape index (κ2) is 6.88. The zero-order valence-corrected chi connectivity index (χ0v) is 12.7. The summed E-state index contributed by atoms with van der Waals surface area (Å²) in [6, 6.07) is 9.89. The molecule has 0 unspecified atom stereocenters. The Kier molecular flexibility index (Phi) is 4.93. The highest BCUT2D eigenvalue weighted by Gasteiger charge is 2.09. The number of nitrogens with zero attached hydrogens (tertiary/aromatic N) is 1. The van der Waals surface area contributed by atoms with Gasteiger partial charge in [-0.3, -0.25) is 4.98 Å². The smallest absolute Gasteiger partial charge is 0.315 e. The molecule has 2 rings (SSSR count). The van der Waals surface area contributed by atoms with Crippen molar-refractivity contribution in [2.24, 2.45) is 0 Å². The molecular formula is C17H21N3O. The van der Waals surface area contributed by atoms with E-state index in [1.165, 1.54) is 11.1 Å². The minimum Gasteiger partial charge on any atom is -0.334 e. The van der Waals surface area contributed by atoms with Crippen molar-refractivity contribution >= 4 is 6.03 Å². The number of urea groups is 1. The summed E-state index contributed by atoms with van der Waals surface area (Å²) in [6.45, 7) is 6.60. The minimum atomic E-state index is -0.168. The Hall–Kier alpha value is -2.36. The highest BCUT2D eigenvalue weighted by Crippen LogP contribution is 2.16. The van der Waals surface area contributed by atoms with Gasteiger partial charge in [-0.05, 0) is 44.0 Å². The fraction of sp³-hybridized carbons (Fsp3) is 0.294. The van der Waals surface area contributed by atoms with Crippen LogP contribution in [-0.2, 0) is 6.54 Å². The van der Waals surface area contributed by atoms with E-state index in [4.69, 9.17) is 0 Å². The number of hydrogen-bond acceptors (Lipinski definition) is 2. The lowest BCUT2D eigenvalue weighted by atomic mass is 10.0. The van der Waals surface area contributed by atoms with Gasteiger partial charge in [0.15, 0.2) is 0 Å². The topological polar surface area (TPSA) is 54.0 Å². The number of amides is 2. The number of aryl methyl sites for hydroxylation is 2. The van der Waals surface area contributed by atoms with Crippen molar-refractivity contribution < 1.29 is 4.79 Å². The van der Waals surface area contributed by atoms with E-state index in [9.17, 15) is 4.79 Å². The molecule has 1 aromatic heterocycles. The molecule has 21 heavy (non-hydrogen) atoms. The molecule has 2 amide bonds. The molecule has 0 aliphatic carbocycles. The molecule has 1 aromatic carbocycles. The largest absolute Gasteiger partial charge is 0.334 e. The first-order valence-corrected chi connectivity index (χ1v) is 7.06. The normalized spacial score (nSPS) is 11.8. The Morgan fingerprint density at radius 3 is 2.38 bits per heavy atom. The molecule has 0 bridgehead atoms. The van der Waals surface area contributed by atoms with Crippen LogP contribution in [0, 0.1) is 13.8 Å². The molecule has 2 aromatic rings. The Morgan fingerprint density at radius 1 is 1.14 bits per heavy atom. The molecule has 1 atom stereocenters. The van der Waals surface area contributed by atoms with Gasteiger partial charge in [0.2, 0.25) is 0 Å². The van der Waals surface area contributed by atoms with Gasteiger partial charge in [0, 0.05) is 18.9 Å². The van der Waals surface area contributed by atoms with Gasteiger partial charge in [0.1, 0.15) is 0 Å². The van der Waals surface area contributed by atoms with Crippen LogP contribution in [0.2, 0.25) is 0 Å². The number of rotatable bonds is 4. The third-order valence-corrected chi connectivity index (χ3v) is 3.29. The highest BCUT2D eigenvalue weighted by molar-refractivity contribution is 5.74. The standard InChI is InChI=1S/C17H21N3O/c1-12-8-13(2)10-16(9-12)14(3)20-17(21)19-11-15-4-6-18-7-5-15/h4-10,14H,11H2,1-3H3,(H2,19,20,21)/t14-/m0/s1. The predicted molar refractivity (Wildman–Crippen MR) is 83.9 cm³/mol. The fourth-order valence-electron chi connectivity index (χ4n) is 2.27. The molecule has 0 saturated carbocycles. The Morgan fingerprint density at radius 2 is 1.76 bits per heavy atom. The SMILES string of the molecule is Cc1cc(C)cc([C@H](C)NC(=O)NCc2ccncc2)c1. The maximum atomic E-state index is 11.9. The summed E-state index contributed by atoms with van der Waals surface area (Å²) in [5.74, 6) is 0. The van der Waals surface area contributed by atoms with E-state index in [-0.39, 0.29) is 12.1 Å². The maximum absolute atomic E-state index is 11.9. The third kappa shape index (κ3) is 4.60. The molecule has 110 valence electrons. The minimum absolute atomic E-state index is 0.0268. The number of hydrogen-bond donors (Lipinski definition) is 2. The molecule has 0 fully saturated rings. The van der Waals surface area contributed by atoms with Crippen LogP contribution in [0.1, 0.15) is 35.2 Å². The van der Waals surface area contributed by atoms with Crippen molar-refractivity contribution in [2.75, 3.05) is 0 Å². The van der Waals surface area contributed by atoms with Gasteiger partial charge >= 0.3 is 6.03 Å². The van der Waals surface area contributed by atoms with Gasteiger partial charge in [-0.2, -0.15) is 0 Å². The summed E-state index contributed by atoms with van der Waals surface area (Å²) in [5, 5.41) is 5.81. The molecule has 0 spiro atoms. The van der Waals surface area contributed by atoms with Crippen molar-refractivity contribution in [3.63, 3.8) is 0 Å². The van der Waals surface area contributed by atoms with E-state index in [2.05, 4.69) is 47.7 Å². The van der Waals surface area contributed by atoms with E-state index < -0.39 is 0 Å². The Balaban J connectivity index is 1.90. The Labute approximate surface area is 125 Å². The van der Waals surface area contributed by atoms with Crippen molar-refractivity contribution in [2.45, 2.75) is 33.4 Å². The zero-order valence-electron chi connectivity index (χ0n) is 12.7. The van der Waals surface area contributed by atoms with Gasteiger partial charge in [-0.15, -0.1) is 0 Å². The second-order valence-electron chi connectivity index (χ2n) is 5.33. The third-order valence-electron chi connectivity index (χ3n) is 3.29. The number of carbonyl (C=O) groups excluding carboxylic acids is 1. The lowest BCUT2D eigenvalue weighted by Crippen LogP contribution is -2.36. The van der Waals surface area contributed by atoms with E-state index >= 15 is 0 Å². The average Bonchev–Trinajstić information content (AvgIpc) is 2.45. The van der Waals surface area contributed by atoms with Crippen molar-refractivity contribution in [1.82, 2.24) is 15.6 Å². The zero-order chi connectivity index (χ0) is 15.2. The second-order valence-corrected chi connectivity index (χ2v) is 5.33. The van der Waals surface area contributed by atoms with Gasteiger partial charge < -0.3 is 10.6 Å². The predicted octanol–water partition coefficient (Wildman–Crippen LogP) is 3.26. The maximum Gasteiger partial charge on any atom is 0.315 e. The summed E-state index contributed by atoms with van der Waals surface area (Å²) < 4.78 is 0. The van der Waals surface area contributed by atoms with Crippen LogP contribution in [0.25, 0.3) is 0 Å². The summed E-state index contributed by atoms with van der Waals surface area (Å²) >= 11 is 0. The van der Waals surface area contributed by atoms with Crippen LogP contribution in [0.4, 0.5) is 4.79 Å². The molecule has 0 saturated heterocycles. The molecule has 1 heterocycles. The van der Waals surface area contributed by atoms with Crippen LogP contribution < -0.4 is 10.6 Å². The van der Waals surface area contributed by atoms with E-state index in [1.54, 1.807) is 12.4 Å². The number of aromatic nitrogens is 1. The summed E-state index contributed by atoms with van der Waals surface area (Å²) in [4.78, 5) is 15.9. The van der Waals surface area contributed by atoms with Crippen LogP contribution >= 0.6 is 0 Å². The summed E-state index contributed by atoms with van der Waals surface area (Å²) in [6.07, 6.45) is 3.43. The van der Waals surface area contributed by atoms with Crippen LogP contribution in [-0.4, -0.2) is 11.0 Å². The van der Waals surface area contributed by atoms with Crippen LogP contribution in [0.5, 0.6) is 0 Å². The lowest BCUT2D eigenvalue weighted by Gasteiger charge is -2.16. The van der Waals surface area contributed by atoms with Gasteiger partial charge in [0.05, 0.1) is 6.04 Å². The van der Waals surface area contributed by atoms with Crippen molar-refractivity contribution in [3.05, 3.63) is 65.0 Å². The molecule has 4 heteroatoms. The fourth-order valence-corrected chi connectivity index (χ4v) is 2.27. The van der Waals surface area contributed by atoms with E-state index in [0.29, 0.717) is 6.54 Å². The molecular weight excluding hydrogens is 262 g/mol. The first-order chi connectivity index (χ1) is 10.0. The number of nitrogens with one attached hydrogen (secondary N) is 2. The molecule has 4 nitrogen and oxygen atoms in total. The van der Waals surface area contributed by atoms with Crippen molar-refractivity contribution in [3.8, 4) is 0 Å². The van der Waals surface area contributed by atoms with Crippen LogP contribution in [0.15, 0.2) is 42.7 Å². The number of benzene rings is 1. The summed E-state index contributed by atoms with van der Waals surface area (Å²) in [7, 11) is 0. The van der Waals surface area contributed by atoms with E-state index in [0.717, 1.165) is 11.1 Å². The number of pyridine rings is 1. The molecule has 0 radical (unpaired) electrons. The number of carbonyl (C=O) groups is 1. The van der Waals surface area contributed by atoms with Gasteiger partial charge in [-0.1, -0.05) is 29.3 Å². The monoisotopic (exact) mass is 283 g/mol. The summed E-state index contributed by atoms with van der Waals surface area (Å²) in [5.41, 5.74) is 4.55. The molecule has 2 N–H and O–H groups in total. The van der Waals surface area contributed by atoms with Crippen molar-refractivity contribution in [1.29, 1.82) is 0 Å². The van der Waals surface area contributed by atoms with E-state index in [1.807, 2.05) is 19.1 Å². The average molecular weight is 283 g/mol. The van der Waals surface area contributed by atoms with Crippen LogP contribution in [0.3, 0.4) is 0 Å². The Bertz CT molecular complexity index is 590.